The quantitative estimate of drug-likeness (QED) is 0.529. The Labute approximate surface area is 123 Å². The van der Waals surface area contributed by atoms with Gasteiger partial charge < -0.3 is 0 Å². The number of aromatic nitrogens is 2. The molecule has 0 aliphatic heterocycles. The van der Waals surface area contributed by atoms with Crippen molar-refractivity contribution >= 4 is 23.4 Å². The monoisotopic (exact) mass is 286 g/mol. The molecule has 0 atom stereocenters. The van der Waals surface area contributed by atoms with E-state index in [4.69, 9.17) is 0 Å². The number of hydrazone groups is 1. The van der Waals surface area contributed by atoms with Crippen LogP contribution >= 0.6 is 11.8 Å². The van der Waals surface area contributed by atoms with E-state index in [0.717, 1.165) is 22.7 Å². The Kier molecular flexibility index (Phi) is 4.74. The molecular formula is C15H18N4S. The molecule has 0 saturated carbocycles. The van der Waals surface area contributed by atoms with Gasteiger partial charge >= 0.3 is 0 Å². The zero-order valence-corrected chi connectivity index (χ0v) is 13.0. The smallest absolute Gasteiger partial charge is 0.243 e. The number of rotatable bonds is 4. The van der Waals surface area contributed by atoms with Crippen molar-refractivity contribution in [3.63, 3.8) is 0 Å². The summed E-state index contributed by atoms with van der Waals surface area (Å²) in [5.74, 6) is 0.531. The van der Waals surface area contributed by atoms with Crippen LogP contribution in [0.15, 0.2) is 40.3 Å². The van der Waals surface area contributed by atoms with Crippen molar-refractivity contribution in [2.75, 3.05) is 11.7 Å². The second-order valence-corrected chi connectivity index (χ2v) is 5.33. The minimum atomic E-state index is 0.531. The molecule has 1 aromatic heterocycles. The van der Waals surface area contributed by atoms with E-state index in [2.05, 4.69) is 38.9 Å². The van der Waals surface area contributed by atoms with E-state index in [9.17, 15) is 0 Å². The molecule has 0 aliphatic rings. The van der Waals surface area contributed by atoms with Crippen molar-refractivity contribution in [2.45, 2.75) is 25.7 Å². The fraction of sp³-hybridized carbons (Fsp3) is 0.267. The van der Waals surface area contributed by atoms with Gasteiger partial charge in [-0.15, -0.1) is 11.8 Å². The number of thioether (sulfide) groups is 1. The molecule has 0 fully saturated rings. The highest BCUT2D eigenvalue weighted by atomic mass is 32.2. The minimum absolute atomic E-state index is 0.531. The van der Waals surface area contributed by atoms with Crippen LogP contribution in [0.25, 0.3) is 0 Å². The maximum absolute atomic E-state index is 4.38. The van der Waals surface area contributed by atoms with E-state index in [0.29, 0.717) is 5.95 Å². The summed E-state index contributed by atoms with van der Waals surface area (Å²) in [4.78, 5) is 9.82. The van der Waals surface area contributed by atoms with Gasteiger partial charge in [0.1, 0.15) is 0 Å². The van der Waals surface area contributed by atoms with Crippen molar-refractivity contribution in [3.05, 3.63) is 47.3 Å². The lowest BCUT2D eigenvalue weighted by atomic mass is 10.1. The zero-order valence-electron chi connectivity index (χ0n) is 12.1. The Morgan fingerprint density at radius 3 is 2.45 bits per heavy atom. The number of nitrogens with one attached hydrogen (secondary N) is 1. The second-order valence-electron chi connectivity index (χ2n) is 4.48. The molecule has 5 heteroatoms. The average molecular weight is 286 g/mol. The van der Waals surface area contributed by atoms with E-state index in [1.165, 1.54) is 4.90 Å². The summed E-state index contributed by atoms with van der Waals surface area (Å²) in [5, 5.41) is 4.38. The molecular weight excluding hydrogens is 268 g/mol. The first-order chi connectivity index (χ1) is 9.60. The fourth-order valence-corrected chi connectivity index (χ4v) is 2.56. The zero-order chi connectivity index (χ0) is 14.5. The van der Waals surface area contributed by atoms with Gasteiger partial charge in [-0.1, -0.05) is 18.2 Å². The van der Waals surface area contributed by atoms with Crippen LogP contribution in [-0.2, 0) is 0 Å². The van der Waals surface area contributed by atoms with Crippen molar-refractivity contribution in [1.29, 1.82) is 0 Å². The Hall–Kier alpha value is -1.88. The summed E-state index contributed by atoms with van der Waals surface area (Å²) in [7, 11) is 0. The van der Waals surface area contributed by atoms with E-state index >= 15 is 0 Å². The van der Waals surface area contributed by atoms with Gasteiger partial charge in [0.25, 0.3) is 0 Å². The van der Waals surface area contributed by atoms with E-state index in [1.807, 2.05) is 39.0 Å². The van der Waals surface area contributed by atoms with Crippen LogP contribution in [-0.4, -0.2) is 21.9 Å². The average Bonchev–Trinajstić information content (AvgIpc) is 2.43. The third-order valence-corrected chi connectivity index (χ3v) is 3.60. The van der Waals surface area contributed by atoms with Gasteiger partial charge in [-0.3, -0.25) is 0 Å². The van der Waals surface area contributed by atoms with Gasteiger partial charge in [-0.05, 0) is 39.2 Å². The third kappa shape index (κ3) is 3.57. The van der Waals surface area contributed by atoms with Crippen LogP contribution in [0.4, 0.5) is 5.95 Å². The predicted octanol–water partition coefficient (Wildman–Crippen LogP) is 3.65. The Morgan fingerprint density at radius 1 is 1.15 bits per heavy atom. The highest BCUT2D eigenvalue weighted by Gasteiger charge is 2.04. The maximum atomic E-state index is 4.38. The fourth-order valence-electron chi connectivity index (χ4n) is 1.91. The first-order valence-corrected chi connectivity index (χ1v) is 7.58. The third-order valence-electron chi connectivity index (χ3n) is 2.80. The lowest BCUT2D eigenvalue weighted by molar-refractivity contribution is 1.03. The SMILES string of the molecule is CSc1ccccc1C(C)=NNc1nc(C)cc(C)n1. The number of aryl methyl sites for hydroxylation is 2. The molecule has 1 aromatic carbocycles. The summed E-state index contributed by atoms with van der Waals surface area (Å²) in [6.07, 6.45) is 2.06. The first kappa shape index (κ1) is 14.5. The number of nitrogens with zero attached hydrogens (tertiary/aromatic N) is 3. The Balaban J connectivity index is 2.22. The largest absolute Gasteiger partial charge is 0.245 e. The van der Waals surface area contributed by atoms with Crippen LogP contribution in [0.2, 0.25) is 0 Å². The lowest BCUT2D eigenvalue weighted by Gasteiger charge is -2.07. The summed E-state index contributed by atoms with van der Waals surface area (Å²) in [5.41, 5.74) is 6.83. The van der Waals surface area contributed by atoms with Crippen LogP contribution < -0.4 is 5.43 Å². The molecule has 0 bridgehead atoms. The molecule has 2 rings (SSSR count). The van der Waals surface area contributed by atoms with E-state index in [1.54, 1.807) is 11.8 Å². The van der Waals surface area contributed by atoms with Crippen molar-refractivity contribution in [2.24, 2.45) is 5.10 Å². The van der Waals surface area contributed by atoms with Crippen LogP contribution in [0, 0.1) is 13.8 Å². The molecule has 0 radical (unpaired) electrons. The molecule has 1 heterocycles. The molecule has 0 amide bonds. The molecule has 0 aliphatic carbocycles. The van der Waals surface area contributed by atoms with Crippen LogP contribution in [0.1, 0.15) is 23.9 Å². The molecule has 104 valence electrons. The first-order valence-electron chi connectivity index (χ1n) is 6.36. The van der Waals surface area contributed by atoms with Crippen LogP contribution in [0.5, 0.6) is 0 Å². The summed E-state index contributed by atoms with van der Waals surface area (Å²) >= 11 is 1.71. The number of anilines is 1. The maximum Gasteiger partial charge on any atom is 0.243 e. The van der Waals surface area contributed by atoms with Gasteiger partial charge in [0.2, 0.25) is 5.95 Å². The van der Waals surface area contributed by atoms with Gasteiger partial charge in [0.05, 0.1) is 5.71 Å². The highest BCUT2D eigenvalue weighted by Crippen LogP contribution is 2.20. The van der Waals surface area contributed by atoms with Gasteiger partial charge in [0, 0.05) is 21.8 Å². The Morgan fingerprint density at radius 2 is 1.80 bits per heavy atom. The summed E-state index contributed by atoms with van der Waals surface area (Å²) in [6.45, 7) is 5.86. The lowest BCUT2D eigenvalue weighted by Crippen LogP contribution is -2.04. The van der Waals surface area contributed by atoms with E-state index in [-0.39, 0.29) is 0 Å². The number of benzene rings is 1. The van der Waals surface area contributed by atoms with Crippen molar-refractivity contribution in [3.8, 4) is 0 Å². The molecule has 2 aromatic rings. The van der Waals surface area contributed by atoms with E-state index < -0.39 is 0 Å². The predicted molar refractivity (Wildman–Crippen MR) is 85.6 cm³/mol. The minimum Gasteiger partial charge on any atom is -0.245 e. The standard InChI is InChI=1S/C15H18N4S/c1-10-9-11(2)17-15(16-10)19-18-12(3)13-7-5-6-8-14(13)20-4/h5-9H,1-4H3,(H,16,17,19). The molecule has 0 saturated heterocycles. The van der Waals surface area contributed by atoms with Gasteiger partial charge in [-0.2, -0.15) is 5.10 Å². The molecule has 4 nitrogen and oxygen atoms in total. The normalized spacial score (nSPS) is 11.5. The van der Waals surface area contributed by atoms with Crippen molar-refractivity contribution < 1.29 is 0 Å². The summed E-state index contributed by atoms with van der Waals surface area (Å²) in [6, 6.07) is 10.1. The van der Waals surface area contributed by atoms with Gasteiger partial charge in [0.15, 0.2) is 0 Å². The highest BCUT2D eigenvalue weighted by molar-refractivity contribution is 7.98. The molecule has 0 unspecified atom stereocenters. The molecule has 20 heavy (non-hydrogen) atoms. The Bertz CT molecular complexity index is 617. The topological polar surface area (TPSA) is 50.2 Å². The molecule has 0 spiro atoms. The number of hydrogen-bond donors (Lipinski definition) is 1. The number of hydrogen-bond acceptors (Lipinski definition) is 5. The van der Waals surface area contributed by atoms with Crippen LogP contribution in [0.3, 0.4) is 0 Å². The van der Waals surface area contributed by atoms with Crippen molar-refractivity contribution in [1.82, 2.24) is 9.97 Å². The second kappa shape index (κ2) is 6.52. The summed E-state index contributed by atoms with van der Waals surface area (Å²) < 4.78 is 0. The molecule has 1 N–H and O–H groups in total. The van der Waals surface area contributed by atoms with Gasteiger partial charge in [-0.25, -0.2) is 15.4 Å².